The van der Waals surface area contributed by atoms with Crippen molar-refractivity contribution in [2.75, 3.05) is 6.54 Å². The first-order chi connectivity index (χ1) is 14.7. The second kappa shape index (κ2) is 9.38. The van der Waals surface area contributed by atoms with E-state index in [1.54, 1.807) is 18.7 Å². The molecule has 0 saturated heterocycles. The van der Waals surface area contributed by atoms with Gasteiger partial charge in [0.15, 0.2) is 10.6 Å². The maximum atomic E-state index is 6.36. The summed E-state index contributed by atoms with van der Waals surface area (Å²) in [6, 6.07) is 15.6. The van der Waals surface area contributed by atoms with E-state index in [0.717, 1.165) is 34.3 Å². The Bertz CT molecular complexity index is 1150. The predicted octanol–water partition coefficient (Wildman–Crippen LogP) is 5.25. The van der Waals surface area contributed by atoms with Gasteiger partial charge in [0, 0.05) is 29.5 Å². The third kappa shape index (κ3) is 4.53. The van der Waals surface area contributed by atoms with Gasteiger partial charge in [-0.1, -0.05) is 36.7 Å². The Morgan fingerprint density at radius 3 is 2.70 bits per heavy atom. The van der Waals surface area contributed by atoms with Gasteiger partial charge in [0.2, 0.25) is 0 Å². The topological polar surface area (TPSA) is 52.0 Å². The minimum Gasteiger partial charge on any atom is -0.467 e. The molecule has 0 aliphatic heterocycles. The number of halogens is 1. The lowest BCUT2D eigenvalue weighted by Gasteiger charge is -2.20. The van der Waals surface area contributed by atoms with Gasteiger partial charge in [-0.15, -0.1) is 0 Å². The van der Waals surface area contributed by atoms with E-state index >= 15 is 0 Å². The Kier molecular flexibility index (Phi) is 6.42. The molecule has 0 atom stereocenters. The van der Waals surface area contributed by atoms with Crippen LogP contribution in [0.15, 0.2) is 71.6 Å². The van der Waals surface area contributed by atoms with E-state index in [4.69, 9.17) is 33.3 Å². The van der Waals surface area contributed by atoms with Crippen LogP contribution in [0.5, 0.6) is 0 Å². The number of pyridine rings is 1. The number of hydrogen-bond donors (Lipinski definition) is 0. The number of rotatable bonds is 8. The maximum absolute atomic E-state index is 6.36. The summed E-state index contributed by atoms with van der Waals surface area (Å²) in [5.41, 5.74) is 1.98. The van der Waals surface area contributed by atoms with Gasteiger partial charge in [-0.3, -0.25) is 14.5 Å². The van der Waals surface area contributed by atoms with Crippen molar-refractivity contribution in [2.24, 2.45) is 0 Å². The van der Waals surface area contributed by atoms with Crippen molar-refractivity contribution in [1.82, 2.24) is 24.2 Å². The summed E-state index contributed by atoms with van der Waals surface area (Å²) in [4.78, 5) is 6.48. The van der Waals surface area contributed by atoms with Gasteiger partial charge >= 0.3 is 0 Å². The van der Waals surface area contributed by atoms with Crippen molar-refractivity contribution in [2.45, 2.75) is 26.7 Å². The third-order valence-electron chi connectivity index (χ3n) is 4.87. The van der Waals surface area contributed by atoms with E-state index in [0.29, 0.717) is 24.5 Å². The summed E-state index contributed by atoms with van der Waals surface area (Å²) in [7, 11) is 0. The Morgan fingerprint density at radius 2 is 2.00 bits per heavy atom. The van der Waals surface area contributed by atoms with Crippen molar-refractivity contribution in [3.8, 4) is 11.4 Å². The first-order valence-corrected chi connectivity index (χ1v) is 10.5. The fraction of sp³-hybridized carbons (Fsp3) is 0.227. The first kappa shape index (κ1) is 20.5. The zero-order valence-corrected chi connectivity index (χ0v) is 18.2. The van der Waals surface area contributed by atoms with Gasteiger partial charge in [0.25, 0.3) is 0 Å². The van der Waals surface area contributed by atoms with E-state index < -0.39 is 0 Å². The van der Waals surface area contributed by atoms with E-state index in [-0.39, 0.29) is 0 Å². The van der Waals surface area contributed by atoms with Crippen LogP contribution in [0.4, 0.5) is 0 Å². The van der Waals surface area contributed by atoms with Gasteiger partial charge in [-0.2, -0.15) is 5.10 Å². The molecule has 154 valence electrons. The molecule has 3 aromatic heterocycles. The van der Waals surface area contributed by atoms with Crippen molar-refractivity contribution >= 4 is 23.8 Å². The molecule has 0 radical (unpaired) electrons. The number of hydrogen-bond acceptors (Lipinski definition) is 5. The Hall–Kier alpha value is -2.74. The van der Waals surface area contributed by atoms with Crippen molar-refractivity contribution < 1.29 is 4.42 Å². The van der Waals surface area contributed by atoms with Crippen LogP contribution in [-0.4, -0.2) is 30.8 Å². The molecule has 4 aromatic rings. The summed E-state index contributed by atoms with van der Waals surface area (Å²) >= 11 is 12.1. The minimum absolute atomic E-state index is 0.507. The van der Waals surface area contributed by atoms with E-state index in [2.05, 4.69) is 16.8 Å². The zero-order valence-electron chi connectivity index (χ0n) is 16.6. The number of nitrogens with zero attached hydrogens (tertiary/aromatic N) is 5. The van der Waals surface area contributed by atoms with Crippen LogP contribution in [0.2, 0.25) is 5.02 Å². The van der Waals surface area contributed by atoms with Crippen LogP contribution in [0.25, 0.3) is 11.4 Å². The number of aromatic nitrogens is 4. The summed E-state index contributed by atoms with van der Waals surface area (Å²) in [5, 5.41) is 5.59. The molecule has 0 fully saturated rings. The second-order valence-corrected chi connectivity index (χ2v) is 7.66. The van der Waals surface area contributed by atoms with E-state index in [1.807, 2.05) is 57.8 Å². The molecule has 0 aliphatic carbocycles. The smallest absolute Gasteiger partial charge is 0.199 e. The van der Waals surface area contributed by atoms with Crippen LogP contribution < -0.4 is 0 Å². The molecule has 0 spiro atoms. The number of benzene rings is 1. The molecular weight excluding hydrogens is 418 g/mol. The van der Waals surface area contributed by atoms with Crippen LogP contribution in [0.1, 0.15) is 18.2 Å². The normalized spacial score (nSPS) is 11.3. The molecular formula is C22H22ClN5OS. The molecule has 1 aromatic carbocycles. The van der Waals surface area contributed by atoms with Crippen LogP contribution in [0.3, 0.4) is 0 Å². The van der Waals surface area contributed by atoms with E-state index in [9.17, 15) is 0 Å². The lowest BCUT2D eigenvalue weighted by molar-refractivity contribution is 0.207. The molecule has 0 amide bonds. The SMILES string of the molecule is CCN(Cc1ccccc1Cl)Cn1nc(-c2cccnc2)n(Cc2ccco2)c1=S. The average Bonchev–Trinajstić information content (AvgIpc) is 3.39. The first-order valence-electron chi connectivity index (χ1n) is 9.72. The van der Waals surface area contributed by atoms with Crippen molar-refractivity contribution in [1.29, 1.82) is 0 Å². The average molecular weight is 440 g/mol. The van der Waals surface area contributed by atoms with E-state index in [1.165, 1.54) is 0 Å². The van der Waals surface area contributed by atoms with Gasteiger partial charge in [0.1, 0.15) is 5.76 Å². The van der Waals surface area contributed by atoms with Gasteiger partial charge in [0.05, 0.1) is 19.5 Å². The maximum Gasteiger partial charge on any atom is 0.199 e. The van der Waals surface area contributed by atoms with Gasteiger partial charge in [-0.25, -0.2) is 4.68 Å². The molecule has 30 heavy (non-hydrogen) atoms. The summed E-state index contributed by atoms with van der Waals surface area (Å²) in [6.07, 6.45) is 5.20. The fourth-order valence-corrected chi connectivity index (χ4v) is 3.71. The second-order valence-electron chi connectivity index (χ2n) is 6.89. The molecule has 8 heteroatoms. The molecule has 4 rings (SSSR count). The monoisotopic (exact) mass is 439 g/mol. The Balaban J connectivity index is 1.66. The molecule has 0 aliphatic rings. The molecule has 0 bridgehead atoms. The summed E-state index contributed by atoms with van der Waals surface area (Å²) < 4.78 is 10.00. The summed E-state index contributed by atoms with van der Waals surface area (Å²) in [5.74, 6) is 1.58. The van der Waals surface area contributed by atoms with Crippen LogP contribution in [-0.2, 0) is 19.8 Å². The lowest BCUT2D eigenvalue weighted by atomic mass is 10.2. The third-order valence-corrected chi connectivity index (χ3v) is 5.67. The highest BCUT2D eigenvalue weighted by molar-refractivity contribution is 7.71. The lowest BCUT2D eigenvalue weighted by Crippen LogP contribution is -2.26. The molecule has 0 saturated carbocycles. The molecule has 0 N–H and O–H groups in total. The van der Waals surface area contributed by atoms with Gasteiger partial charge in [-0.05, 0) is 54.7 Å². The summed E-state index contributed by atoms with van der Waals surface area (Å²) in [6.45, 7) is 4.72. The Morgan fingerprint density at radius 1 is 1.13 bits per heavy atom. The molecule has 0 unspecified atom stereocenters. The molecule has 6 nitrogen and oxygen atoms in total. The van der Waals surface area contributed by atoms with Crippen LogP contribution in [0, 0.1) is 4.77 Å². The minimum atomic E-state index is 0.507. The van der Waals surface area contributed by atoms with Crippen LogP contribution >= 0.6 is 23.8 Å². The highest BCUT2D eigenvalue weighted by Gasteiger charge is 2.16. The highest BCUT2D eigenvalue weighted by Crippen LogP contribution is 2.21. The Labute approximate surface area is 185 Å². The quantitative estimate of drug-likeness (QED) is 0.351. The zero-order chi connectivity index (χ0) is 20.9. The predicted molar refractivity (Wildman–Crippen MR) is 120 cm³/mol. The number of furan rings is 1. The largest absolute Gasteiger partial charge is 0.467 e. The van der Waals surface area contributed by atoms with Crippen molar-refractivity contribution in [3.63, 3.8) is 0 Å². The fourth-order valence-electron chi connectivity index (χ4n) is 3.26. The van der Waals surface area contributed by atoms with Gasteiger partial charge < -0.3 is 4.42 Å². The van der Waals surface area contributed by atoms with Crippen molar-refractivity contribution in [3.05, 3.63) is 88.3 Å². The molecule has 3 heterocycles. The standard InChI is InChI=1S/C22H22ClN5OS/c1-2-26(14-18-7-3-4-10-20(18)23)16-28-22(30)27(15-19-9-6-12-29-19)21(25-28)17-8-5-11-24-13-17/h3-13H,2,14-16H2,1H3. The highest BCUT2D eigenvalue weighted by atomic mass is 35.5.